The fraction of sp³-hybridized carbons (Fsp3) is 0.318. The Morgan fingerprint density at radius 3 is 2.28 bits per heavy atom. The highest BCUT2D eigenvalue weighted by Gasteiger charge is 2.34. The normalized spacial score (nSPS) is 11.9. The van der Waals surface area contributed by atoms with Gasteiger partial charge in [-0.2, -0.15) is 13.2 Å². The van der Waals surface area contributed by atoms with Gasteiger partial charge >= 0.3 is 6.18 Å². The van der Waals surface area contributed by atoms with Gasteiger partial charge in [-0.15, -0.1) is 0 Å². The largest absolute Gasteiger partial charge is 0.471 e. The van der Waals surface area contributed by atoms with E-state index in [0.717, 1.165) is 22.8 Å². The van der Waals surface area contributed by atoms with E-state index in [0.29, 0.717) is 18.3 Å². The molecule has 0 bridgehead atoms. The van der Waals surface area contributed by atoms with Crippen molar-refractivity contribution in [2.24, 2.45) is 10.3 Å². The SMILES string of the molecule is CO/N=C(/C)c1cccc(C)c1CO/N=C(\C)c1ccc(F)c(C(F)(F)F)c1.COC=O. The quantitative estimate of drug-likeness (QED) is 0.247. The summed E-state index contributed by atoms with van der Waals surface area (Å²) in [5.41, 5.74) is 2.21. The standard InChI is InChI=1S/C20H20F4N2O2.C2H4O2/c1-12-6-5-7-16(14(3)25-27-4)17(12)11-28-26-13(2)15-8-9-19(21)18(10-15)20(22,23)24;1-4-2-3/h5-10H,11H2,1-4H3;2H,1H3/b25-14-,26-13+;. The van der Waals surface area contributed by atoms with Crippen LogP contribution in [-0.4, -0.2) is 32.1 Å². The first-order chi connectivity index (χ1) is 15.1. The van der Waals surface area contributed by atoms with Crippen LogP contribution in [0.15, 0.2) is 46.7 Å². The first-order valence-corrected chi connectivity index (χ1v) is 9.23. The lowest BCUT2D eigenvalue weighted by molar-refractivity contribution is -0.140. The molecule has 0 saturated carbocycles. The van der Waals surface area contributed by atoms with Crippen LogP contribution in [0, 0.1) is 12.7 Å². The zero-order chi connectivity index (χ0) is 24.3. The van der Waals surface area contributed by atoms with Crippen molar-refractivity contribution >= 4 is 17.9 Å². The maximum atomic E-state index is 13.4. The van der Waals surface area contributed by atoms with Crippen molar-refractivity contribution in [2.45, 2.75) is 33.6 Å². The highest BCUT2D eigenvalue weighted by Crippen LogP contribution is 2.32. The molecule has 0 spiro atoms. The van der Waals surface area contributed by atoms with Gasteiger partial charge in [0.05, 0.1) is 24.1 Å². The first kappa shape index (κ1) is 26.6. The number of oxime groups is 2. The zero-order valence-electron chi connectivity index (χ0n) is 18.3. The lowest BCUT2D eigenvalue weighted by Crippen LogP contribution is -2.10. The summed E-state index contributed by atoms with van der Waals surface area (Å²) in [4.78, 5) is 19.1. The van der Waals surface area contributed by atoms with Crippen LogP contribution in [0.4, 0.5) is 17.6 Å². The van der Waals surface area contributed by atoms with Crippen LogP contribution < -0.4 is 0 Å². The molecule has 0 aliphatic rings. The summed E-state index contributed by atoms with van der Waals surface area (Å²) in [7, 11) is 2.76. The topological polar surface area (TPSA) is 69.5 Å². The number of hydrogen-bond acceptors (Lipinski definition) is 6. The van der Waals surface area contributed by atoms with Crippen molar-refractivity contribution in [3.05, 3.63) is 70.0 Å². The predicted octanol–water partition coefficient (Wildman–Crippen LogP) is 5.25. The van der Waals surface area contributed by atoms with Crippen LogP contribution in [0.3, 0.4) is 0 Å². The third-order valence-corrected chi connectivity index (χ3v) is 4.22. The molecule has 0 aliphatic carbocycles. The van der Waals surface area contributed by atoms with Crippen LogP contribution >= 0.6 is 0 Å². The van der Waals surface area contributed by atoms with Crippen LogP contribution in [-0.2, 0) is 32.0 Å². The monoisotopic (exact) mass is 456 g/mol. The molecule has 0 fully saturated rings. The molecule has 2 aromatic rings. The fourth-order valence-electron chi connectivity index (χ4n) is 2.63. The van der Waals surface area contributed by atoms with E-state index < -0.39 is 17.6 Å². The van der Waals surface area contributed by atoms with Crippen molar-refractivity contribution in [1.29, 1.82) is 0 Å². The number of rotatable bonds is 7. The number of alkyl halides is 3. The van der Waals surface area contributed by atoms with Gasteiger partial charge in [-0.1, -0.05) is 34.6 Å². The van der Waals surface area contributed by atoms with Crippen LogP contribution in [0.2, 0.25) is 0 Å². The van der Waals surface area contributed by atoms with E-state index in [1.165, 1.54) is 27.2 Å². The first-order valence-electron chi connectivity index (χ1n) is 9.23. The summed E-state index contributed by atoms with van der Waals surface area (Å²) in [5, 5.41) is 7.80. The maximum absolute atomic E-state index is 13.4. The summed E-state index contributed by atoms with van der Waals surface area (Å²) < 4.78 is 55.9. The number of carbonyl (C=O) groups excluding carboxylic acids is 1. The molecule has 2 aromatic carbocycles. The van der Waals surface area contributed by atoms with E-state index >= 15 is 0 Å². The lowest BCUT2D eigenvalue weighted by atomic mass is 10.00. The number of hydrogen-bond donors (Lipinski definition) is 0. The van der Waals surface area contributed by atoms with E-state index in [1.807, 2.05) is 25.1 Å². The Labute approximate surface area is 183 Å². The highest BCUT2D eigenvalue weighted by molar-refractivity contribution is 6.00. The number of nitrogens with zero attached hydrogens (tertiary/aromatic N) is 2. The molecule has 174 valence electrons. The number of ether oxygens (including phenoxy) is 1. The summed E-state index contributed by atoms with van der Waals surface area (Å²) in [6.07, 6.45) is -4.78. The van der Waals surface area contributed by atoms with Gasteiger partial charge in [0.15, 0.2) is 0 Å². The van der Waals surface area contributed by atoms with E-state index in [2.05, 4.69) is 15.0 Å². The second-order valence-electron chi connectivity index (χ2n) is 6.43. The molecule has 0 amide bonds. The van der Waals surface area contributed by atoms with Gasteiger partial charge in [0, 0.05) is 11.1 Å². The van der Waals surface area contributed by atoms with Crippen LogP contribution in [0.5, 0.6) is 0 Å². The zero-order valence-corrected chi connectivity index (χ0v) is 18.3. The fourth-order valence-corrected chi connectivity index (χ4v) is 2.63. The van der Waals surface area contributed by atoms with Gasteiger partial charge in [-0.05, 0) is 44.0 Å². The summed E-state index contributed by atoms with van der Waals surface area (Å²) in [6, 6.07) is 8.33. The highest BCUT2D eigenvalue weighted by atomic mass is 19.4. The number of aryl methyl sites for hydroxylation is 1. The van der Waals surface area contributed by atoms with E-state index in [4.69, 9.17) is 14.5 Å². The Morgan fingerprint density at radius 1 is 1.06 bits per heavy atom. The minimum Gasteiger partial charge on any atom is -0.471 e. The molecule has 0 saturated heterocycles. The number of benzene rings is 2. The molecule has 0 atom stereocenters. The van der Waals surface area contributed by atoms with E-state index in [9.17, 15) is 17.6 Å². The minimum atomic E-state index is -4.78. The molecular formula is C22H24F4N2O4. The van der Waals surface area contributed by atoms with Gasteiger partial charge in [0.2, 0.25) is 0 Å². The van der Waals surface area contributed by atoms with E-state index in [-0.39, 0.29) is 17.9 Å². The Morgan fingerprint density at radius 2 is 1.72 bits per heavy atom. The molecule has 32 heavy (non-hydrogen) atoms. The molecule has 0 N–H and O–H groups in total. The van der Waals surface area contributed by atoms with Gasteiger partial charge < -0.3 is 14.4 Å². The Balaban J connectivity index is 0.00000118. The molecule has 0 heterocycles. The van der Waals surface area contributed by atoms with Crippen molar-refractivity contribution in [1.82, 2.24) is 0 Å². The predicted molar refractivity (Wildman–Crippen MR) is 112 cm³/mol. The number of halogens is 4. The van der Waals surface area contributed by atoms with Gasteiger partial charge in [0.25, 0.3) is 6.47 Å². The van der Waals surface area contributed by atoms with Crippen molar-refractivity contribution in [3.8, 4) is 0 Å². The van der Waals surface area contributed by atoms with Gasteiger partial charge in [-0.3, -0.25) is 4.79 Å². The average molecular weight is 456 g/mol. The third-order valence-electron chi connectivity index (χ3n) is 4.22. The molecule has 0 aliphatic heterocycles. The van der Waals surface area contributed by atoms with Crippen LogP contribution in [0.1, 0.15) is 41.7 Å². The van der Waals surface area contributed by atoms with E-state index in [1.54, 1.807) is 6.92 Å². The molecular weight excluding hydrogens is 432 g/mol. The second-order valence-corrected chi connectivity index (χ2v) is 6.43. The molecule has 6 nitrogen and oxygen atoms in total. The molecule has 0 aromatic heterocycles. The maximum Gasteiger partial charge on any atom is 0.419 e. The molecule has 0 unspecified atom stereocenters. The smallest absolute Gasteiger partial charge is 0.419 e. The van der Waals surface area contributed by atoms with Crippen molar-refractivity contribution in [2.75, 3.05) is 14.2 Å². The van der Waals surface area contributed by atoms with Crippen molar-refractivity contribution in [3.63, 3.8) is 0 Å². The number of carbonyl (C=O) groups is 1. The summed E-state index contributed by atoms with van der Waals surface area (Å²) in [6.45, 7) is 5.63. The molecule has 0 radical (unpaired) electrons. The Bertz CT molecular complexity index is 973. The van der Waals surface area contributed by atoms with Crippen molar-refractivity contribution < 1.29 is 36.8 Å². The van der Waals surface area contributed by atoms with Gasteiger partial charge in [-0.25, -0.2) is 4.39 Å². The Hall–Kier alpha value is -3.43. The average Bonchev–Trinajstić information content (AvgIpc) is 2.74. The second kappa shape index (κ2) is 12.4. The summed E-state index contributed by atoms with van der Waals surface area (Å²) >= 11 is 0. The molecule has 2 rings (SSSR count). The number of methoxy groups -OCH3 is 1. The van der Waals surface area contributed by atoms with Crippen LogP contribution in [0.25, 0.3) is 0 Å². The molecule has 10 heteroatoms. The Kier molecular flexibility index (Phi) is 10.3. The third kappa shape index (κ3) is 7.68. The summed E-state index contributed by atoms with van der Waals surface area (Å²) in [5.74, 6) is -1.33. The lowest BCUT2D eigenvalue weighted by Gasteiger charge is -2.12. The van der Waals surface area contributed by atoms with Gasteiger partial charge in [0.1, 0.15) is 19.5 Å². The minimum absolute atomic E-state index is 0.0866.